The van der Waals surface area contributed by atoms with Crippen LogP contribution in [0.3, 0.4) is 0 Å². The van der Waals surface area contributed by atoms with Gasteiger partial charge in [-0.15, -0.1) is 12.3 Å². The van der Waals surface area contributed by atoms with Gasteiger partial charge in [-0.05, 0) is 19.9 Å². The second-order valence-electron chi connectivity index (χ2n) is 2.02. The van der Waals surface area contributed by atoms with Crippen LogP contribution >= 0.6 is 0 Å². The molecule has 0 aliphatic rings. The Hall–Kier alpha value is -0.480. The zero-order valence-corrected chi connectivity index (χ0v) is 5.98. The van der Waals surface area contributed by atoms with Gasteiger partial charge in [-0.1, -0.05) is 6.92 Å². The molecule has 0 aromatic carbocycles. The van der Waals surface area contributed by atoms with Crippen LogP contribution in [0, 0.1) is 19.3 Å². The van der Waals surface area contributed by atoms with Gasteiger partial charge in [-0.2, -0.15) is 0 Å². The molecule has 0 amide bonds. The quantitative estimate of drug-likeness (QED) is 0.555. The standard InChI is InChI=1S/C8H14N/c1-4-6-7-8(5-2)9-3/h1,8-9H,2,5-7H2,3H3. The van der Waals surface area contributed by atoms with Crippen molar-refractivity contribution in [3.05, 3.63) is 6.92 Å². The van der Waals surface area contributed by atoms with Crippen LogP contribution in [0.5, 0.6) is 0 Å². The molecular weight excluding hydrogens is 110 g/mol. The van der Waals surface area contributed by atoms with Crippen molar-refractivity contribution >= 4 is 0 Å². The number of terminal acetylenes is 1. The first-order valence-electron chi connectivity index (χ1n) is 3.25. The van der Waals surface area contributed by atoms with Crippen LogP contribution in [0.2, 0.25) is 0 Å². The number of nitrogens with one attached hydrogen (secondary N) is 1. The van der Waals surface area contributed by atoms with Gasteiger partial charge in [0.25, 0.3) is 0 Å². The molecule has 1 unspecified atom stereocenters. The van der Waals surface area contributed by atoms with Gasteiger partial charge in [0.1, 0.15) is 0 Å². The smallest absolute Gasteiger partial charge is 0.0101 e. The summed E-state index contributed by atoms with van der Waals surface area (Å²) in [5.41, 5.74) is 0. The third-order valence-electron chi connectivity index (χ3n) is 1.39. The van der Waals surface area contributed by atoms with E-state index >= 15 is 0 Å². The molecule has 0 aromatic heterocycles. The molecule has 0 saturated carbocycles. The van der Waals surface area contributed by atoms with Crippen LogP contribution in [0.1, 0.15) is 19.3 Å². The number of rotatable bonds is 4. The molecule has 0 rings (SSSR count). The van der Waals surface area contributed by atoms with Crippen molar-refractivity contribution in [2.24, 2.45) is 0 Å². The van der Waals surface area contributed by atoms with Crippen LogP contribution < -0.4 is 5.32 Å². The Kier molecular flexibility index (Phi) is 5.35. The molecule has 0 aliphatic heterocycles. The summed E-state index contributed by atoms with van der Waals surface area (Å²) >= 11 is 0. The van der Waals surface area contributed by atoms with E-state index in [0.717, 1.165) is 19.3 Å². The molecule has 0 aliphatic carbocycles. The Morgan fingerprint density at radius 3 is 2.78 bits per heavy atom. The van der Waals surface area contributed by atoms with Crippen LogP contribution in [0.4, 0.5) is 0 Å². The maximum Gasteiger partial charge on any atom is 0.0101 e. The first kappa shape index (κ1) is 8.52. The lowest BCUT2D eigenvalue weighted by molar-refractivity contribution is 0.535. The van der Waals surface area contributed by atoms with Crippen molar-refractivity contribution in [2.75, 3.05) is 7.05 Å². The third-order valence-corrected chi connectivity index (χ3v) is 1.39. The van der Waals surface area contributed by atoms with E-state index in [2.05, 4.69) is 18.2 Å². The Morgan fingerprint density at radius 2 is 2.44 bits per heavy atom. The molecule has 0 fully saturated rings. The fourth-order valence-corrected chi connectivity index (χ4v) is 0.691. The summed E-state index contributed by atoms with van der Waals surface area (Å²) in [5.74, 6) is 2.60. The Bertz CT molecular complexity index is 87.2. The van der Waals surface area contributed by atoms with Gasteiger partial charge in [-0.3, -0.25) is 0 Å². The average Bonchev–Trinajstić information content (AvgIpc) is 1.91. The van der Waals surface area contributed by atoms with Gasteiger partial charge < -0.3 is 5.32 Å². The van der Waals surface area contributed by atoms with E-state index in [1.165, 1.54) is 0 Å². The van der Waals surface area contributed by atoms with E-state index in [1.54, 1.807) is 0 Å². The molecule has 51 valence electrons. The highest BCUT2D eigenvalue weighted by atomic mass is 14.9. The van der Waals surface area contributed by atoms with Crippen molar-refractivity contribution in [2.45, 2.75) is 25.3 Å². The van der Waals surface area contributed by atoms with Crippen LogP contribution in [0.25, 0.3) is 0 Å². The van der Waals surface area contributed by atoms with Crippen LogP contribution in [0.15, 0.2) is 0 Å². The highest BCUT2D eigenvalue weighted by Gasteiger charge is 1.98. The SMILES string of the molecule is C#CCCC(C[CH2])NC. The first-order valence-corrected chi connectivity index (χ1v) is 3.25. The zero-order valence-electron chi connectivity index (χ0n) is 5.98. The number of hydrogen-bond donors (Lipinski definition) is 1. The van der Waals surface area contributed by atoms with Gasteiger partial charge in [0.2, 0.25) is 0 Å². The van der Waals surface area contributed by atoms with Gasteiger partial charge in [0, 0.05) is 12.5 Å². The lowest BCUT2D eigenvalue weighted by Crippen LogP contribution is -2.23. The Balaban J connectivity index is 3.22. The lowest BCUT2D eigenvalue weighted by atomic mass is 10.1. The molecule has 1 heteroatoms. The van der Waals surface area contributed by atoms with Crippen LogP contribution in [-0.2, 0) is 0 Å². The predicted molar refractivity (Wildman–Crippen MR) is 40.9 cm³/mol. The van der Waals surface area contributed by atoms with Crippen molar-refractivity contribution in [1.82, 2.24) is 5.32 Å². The summed E-state index contributed by atoms with van der Waals surface area (Å²) in [6.07, 6.45) is 7.89. The van der Waals surface area contributed by atoms with E-state index < -0.39 is 0 Å². The number of hydrogen-bond acceptors (Lipinski definition) is 1. The summed E-state index contributed by atoms with van der Waals surface area (Å²) in [6, 6.07) is 0.501. The van der Waals surface area contributed by atoms with Gasteiger partial charge >= 0.3 is 0 Å². The van der Waals surface area contributed by atoms with Gasteiger partial charge in [0.15, 0.2) is 0 Å². The molecule has 1 radical (unpaired) electrons. The highest BCUT2D eigenvalue weighted by Crippen LogP contribution is 1.98. The topological polar surface area (TPSA) is 12.0 Å². The minimum Gasteiger partial charge on any atom is -0.317 e. The molecule has 1 N–H and O–H groups in total. The minimum atomic E-state index is 0.501. The maximum absolute atomic E-state index is 5.09. The Labute approximate surface area is 57.8 Å². The molecular formula is C8H14N. The molecule has 1 nitrogen and oxygen atoms in total. The van der Waals surface area contributed by atoms with E-state index in [-0.39, 0.29) is 0 Å². The van der Waals surface area contributed by atoms with E-state index in [9.17, 15) is 0 Å². The molecule has 0 bridgehead atoms. The van der Waals surface area contributed by atoms with Crippen molar-refractivity contribution < 1.29 is 0 Å². The highest BCUT2D eigenvalue weighted by molar-refractivity contribution is 4.85. The summed E-state index contributed by atoms with van der Waals surface area (Å²) < 4.78 is 0. The van der Waals surface area contributed by atoms with Crippen molar-refractivity contribution in [1.29, 1.82) is 0 Å². The van der Waals surface area contributed by atoms with E-state index in [0.29, 0.717) is 6.04 Å². The lowest BCUT2D eigenvalue weighted by Gasteiger charge is -2.10. The molecule has 0 heterocycles. The predicted octanol–water partition coefficient (Wildman–Crippen LogP) is 1.21. The van der Waals surface area contributed by atoms with Gasteiger partial charge in [-0.25, -0.2) is 0 Å². The summed E-state index contributed by atoms with van der Waals surface area (Å²) in [4.78, 5) is 0. The Morgan fingerprint density at radius 1 is 1.78 bits per heavy atom. The normalized spacial score (nSPS) is 12.6. The molecule has 0 aromatic rings. The zero-order chi connectivity index (χ0) is 7.11. The largest absolute Gasteiger partial charge is 0.317 e. The van der Waals surface area contributed by atoms with Crippen molar-refractivity contribution in [3.8, 4) is 12.3 Å². The summed E-state index contributed by atoms with van der Waals surface area (Å²) in [5, 5.41) is 3.13. The second kappa shape index (κ2) is 5.65. The molecule has 0 saturated heterocycles. The van der Waals surface area contributed by atoms with Gasteiger partial charge in [0.05, 0.1) is 0 Å². The summed E-state index contributed by atoms with van der Waals surface area (Å²) in [7, 11) is 1.94. The molecule has 0 spiro atoms. The summed E-state index contributed by atoms with van der Waals surface area (Å²) in [6.45, 7) is 3.78. The monoisotopic (exact) mass is 124 g/mol. The molecule has 9 heavy (non-hydrogen) atoms. The average molecular weight is 124 g/mol. The van der Waals surface area contributed by atoms with E-state index in [4.69, 9.17) is 6.42 Å². The maximum atomic E-state index is 5.09. The minimum absolute atomic E-state index is 0.501. The second-order valence-corrected chi connectivity index (χ2v) is 2.02. The molecule has 1 atom stereocenters. The fraction of sp³-hybridized carbons (Fsp3) is 0.625. The third kappa shape index (κ3) is 4.05. The first-order chi connectivity index (χ1) is 4.35. The van der Waals surface area contributed by atoms with E-state index in [1.807, 2.05) is 7.05 Å². The van der Waals surface area contributed by atoms with Crippen LogP contribution in [-0.4, -0.2) is 13.1 Å². The fourth-order valence-electron chi connectivity index (χ4n) is 0.691. The van der Waals surface area contributed by atoms with Crippen molar-refractivity contribution in [3.63, 3.8) is 0 Å².